The normalized spacial score (nSPS) is 11.8. The van der Waals surface area contributed by atoms with E-state index in [1.807, 2.05) is 43.3 Å². The molecule has 7 heteroatoms. The summed E-state index contributed by atoms with van der Waals surface area (Å²) in [5.74, 6) is -0.0937. The van der Waals surface area contributed by atoms with Gasteiger partial charge in [0.05, 0.1) is 15.6 Å². The van der Waals surface area contributed by atoms with Crippen molar-refractivity contribution in [3.05, 3.63) is 45.1 Å². The summed E-state index contributed by atoms with van der Waals surface area (Å²) in [5, 5.41) is 5.47. The number of hydrogen-bond donors (Lipinski definition) is 2. The number of carbonyl (C=O) groups excluding carboxylic acids is 2. The Bertz CT molecular complexity index is 686. The molecule has 1 unspecified atom stereocenters. The summed E-state index contributed by atoms with van der Waals surface area (Å²) < 4.78 is 1.06. The second-order valence-electron chi connectivity index (χ2n) is 4.89. The Kier molecular flexibility index (Phi) is 6.68. The second-order valence-corrected chi connectivity index (χ2v) is 8.85. The lowest BCUT2D eigenvalue weighted by molar-refractivity contribution is -0.120. The Morgan fingerprint density at radius 1 is 1.22 bits per heavy atom. The van der Waals surface area contributed by atoms with Crippen LogP contribution in [0.3, 0.4) is 0 Å². The van der Waals surface area contributed by atoms with E-state index in [-0.39, 0.29) is 17.1 Å². The van der Waals surface area contributed by atoms with Gasteiger partial charge >= 0.3 is 0 Å². The number of amides is 2. The molecule has 2 aromatic rings. The maximum absolute atomic E-state index is 12.1. The number of thiophene rings is 1. The zero-order chi connectivity index (χ0) is 16.8. The number of anilines is 1. The third-order valence-corrected chi connectivity index (χ3v) is 5.66. The molecule has 1 heterocycles. The quantitative estimate of drug-likeness (QED) is 0.696. The molecule has 2 rings (SSSR count). The molecule has 0 radical (unpaired) electrons. The van der Waals surface area contributed by atoms with Gasteiger partial charge in [-0.2, -0.15) is 0 Å². The molecule has 0 aliphatic rings. The highest BCUT2D eigenvalue weighted by Gasteiger charge is 2.14. The van der Waals surface area contributed by atoms with E-state index < -0.39 is 0 Å². The van der Waals surface area contributed by atoms with Crippen LogP contribution in [0.15, 0.2) is 45.1 Å². The van der Waals surface area contributed by atoms with Crippen molar-refractivity contribution in [1.29, 1.82) is 0 Å². The Balaban J connectivity index is 1.84. The zero-order valence-electron chi connectivity index (χ0n) is 12.8. The van der Waals surface area contributed by atoms with E-state index in [4.69, 9.17) is 0 Å². The SMILES string of the molecule is CC(=O)Nc1ccc(SC(C)C(=O)NCc2ccc(Br)s2)cc1. The lowest BCUT2D eigenvalue weighted by Crippen LogP contribution is -2.30. The van der Waals surface area contributed by atoms with Crippen LogP contribution in [0.2, 0.25) is 0 Å². The summed E-state index contributed by atoms with van der Waals surface area (Å²) in [6, 6.07) is 11.4. The van der Waals surface area contributed by atoms with Crippen molar-refractivity contribution in [1.82, 2.24) is 5.32 Å². The smallest absolute Gasteiger partial charge is 0.233 e. The number of hydrogen-bond acceptors (Lipinski definition) is 4. The van der Waals surface area contributed by atoms with Gasteiger partial charge in [0, 0.05) is 22.4 Å². The van der Waals surface area contributed by atoms with E-state index in [1.54, 1.807) is 11.3 Å². The van der Waals surface area contributed by atoms with Crippen LogP contribution in [-0.2, 0) is 16.1 Å². The molecule has 0 fully saturated rings. The van der Waals surface area contributed by atoms with Crippen LogP contribution in [0.1, 0.15) is 18.7 Å². The molecule has 0 bridgehead atoms. The van der Waals surface area contributed by atoms with E-state index in [0.717, 1.165) is 19.2 Å². The van der Waals surface area contributed by atoms with Crippen molar-refractivity contribution in [2.24, 2.45) is 0 Å². The highest BCUT2D eigenvalue weighted by Crippen LogP contribution is 2.25. The highest BCUT2D eigenvalue weighted by molar-refractivity contribution is 9.11. The lowest BCUT2D eigenvalue weighted by Gasteiger charge is -2.12. The molecule has 0 spiro atoms. The van der Waals surface area contributed by atoms with E-state index >= 15 is 0 Å². The molecule has 2 amide bonds. The van der Waals surface area contributed by atoms with Crippen LogP contribution in [-0.4, -0.2) is 17.1 Å². The minimum Gasteiger partial charge on any atom is -0.350 e. The molecule has 0 saturated heterocycles. The highest BCUT2D eigenvalue weighted by atomic mass is 79.9. The Labute approximate surface area is 152 Å². The first-order valence-electron chi connectivity index (χ1n) is 7.00. The molecular formula is C16H17BrN2O2S2. The summed E-state index contributed by atoms with van der Waals surface area (Å²) in [4.78, 5) is 25.2. The summed E-state index contributed by atoms with van der Waals surface area (Å²) in [5.41, 5.74) is 0.752. The van der Waals surface area contributed by atoms with Crippen molar-refractivity contribution >= 4 is 56.5 Å². The average Bonchev–Trinajstić information content (AvgIpc) is 2.92. The van der Waals surface area contributed by atoms with Gasteiger partial charge in [0.15, 0.2) is 0 Å². The molecule has 1 atom stereocenters. The van der Waals surface area contributed by atoms with Crippen LogP contribution < -0.4 is 10.6 Å². The van der Waals surface area contributed by atoms with Crippen molar-refractivity contribution in [3.63, 3.8) is 0 Å². The van der Waals surface area contributed by atoms with Crippen LogP contribution in [0.25, 0.3) is 0 Å². The second kappa shape index (κ2) is 8.52. The largest absolute Gasteiger partial charge is 0.350 e. The van der Waals surface area contributed by atoms with Gasteiger partial charge in [-0.1, -0.05) is 0 Å². The number of nitrogens with one attached hydrogen (secondary N) is 2. The van der Waals surface area contributed by atoms with Crippen LogP contribution in [0.5, 0.6) is 0 Å². The monoisotopic (exact) mass is 412 g/mol. The van der Waals surface area contributed by atoms with E-state index in [9.17, 15) is 9.59 Å². The summed E-state index contributed by atoms with van der Waals surface area (Å²) >= 11 is 6.51. The van der Waals surface area contributed by atoms with Crippen LogP contribution >= 0.6 is 39.0 Å². The van der Waals surface area contributed by atoms with Crippen LogP contribution in [0, 0.1) is 0 Å². The predicted octanol–water partition coefficient (Wildman–Crippen LogP) is 4.27. The standard InChI is InChI=1S/C16H17BrN2O2S2/c1-10(16(21)18-9-14-7-8-15(17)23-14)22-13-5-3-12(4-6-13)19-11(2)20/h3-8,10H,9H2,1-2H3,(H,18,21)(H,19,20). The lowest BCUT2D eigenvalue weighted by atomic mass is 10.3. The van der Waals surface area contributed by atoms with Gasteiger partial charge in [-0.05, 0) is 59.3 Å². The topological polar surface area (TPSA) is 58.2 Å². The minimum absolute atomic E-state index is 0.00506. The van der Waals surface area contributed by atoms with Gasteiger partial charge in [0.25, 0.3) is 0 Å². The number of halogens is 1. The van der Waals surface area contributed by atoms with Crippen LogP contribution in [0.4, 0.5) is 5.69 Å². The predicted molar refractivity (Wildman–Crippen MR) is 99.9 cm³/mol. The van der Waals surface area contributed by atoms with Gasteiger partial charge in [0.1, 0.15) is 0 Å². The van der Waals surface area contributed by atoms with E-state index in [0.29, 0.717) is 6.54 Å². The summed E-state index contributed by atoms with van der Waals surface area (Å²) in [6.07, 6.45) is 0. The maximum atomic E-state index is 12.1. The fraction of sp³-hybridized carbons (Fsp3) is 0.250. The van der Waals surface area contributed by atoms with E-state index in [2.05, 4.69) is 26.6 Å². The third kappa shape index (κ3) is 6.01. The minimum atomic E-state index is -0.190. The number of benzene rings is 1. The molecular weight excluding hydrogens is 396 g/mol. The molecule has 1 aromatic carbocycles. The van der Waals surface area contributed by atoms with Gasteiger partial charge in [0.2, 0.25) is 11.8 Å². The van der Waals surface area contributed by atoms with Gasteiger partial charge in [-0.25, -0.2) is 0 Å². The zero-order valence-corrected chi connectivity index (χ0v) is 16.0. The molecule has 0 aliphatic carbocycles. The number of carbonyl (C=O) groups is 2. The molecule has 1 aromatic heterocycles. The molecule has 0 saturated carbocycles. The average molecular weight is 413 g/mol. The van der Waals surface area contributed by atoms with Gasteiger partial charge < -0.3 is 10.6 Å². The van der Waals surface area contributed by atoms with Crippen molar-refractivity contribution < 1.29 is 9.59 Å². The number of rotatable bonds is 6. The maximum Gasteiger partial charge on any atom is 0.233 e. The Morgan fingerprint density at radius 2 is 1.91 bits per heavy atom. The fourth-order valence-corrected chi connectivity index (χ4v) is 4.16. The van der Waals surface area contributed by atoms with Crippen molar-refractivity contribution in [2.45, 2.75) is 30.5 Å². The molecule has 122 valence electrons. The molecule has 4 nitrogen and oxygen atoms in total. The van der Waals surface area contributed by atoms with E-state index in [1.165, 1.54) is 18.7 Å². The Hall–Kier alpha value is -1.31. The fourth-order valence-electron chi connectivity index (χ4n) is 1.84. The van der Waals surface area contributed by atoms with Gasteiger partial charge in [-0.3, -0.25) is 9.59 Å². The molecule has 23 heavy (non-hydrogen) atoms. The third-order valence-electron chi connectivity index (χ3n) is 2.92. The number of thioether (sulfide) groups is 1. The first-order chi connectivity index (χ1) is 10.9. The molecule has 2 N–H and O–H groups in total. The van der Waals surface area contributed by atoms with Gasteiger partial charge in [-0.15, -0.1) is 23.1 Å². The summed E-state index contributed by atoms with van der Waals surface area (Å²) in [6.45, 7) is 3.90. The first-order valence-corrected chi connectivity index (χ1v) is 9.49. The van der Waals surface area contributed by atoms with Crippen molar-refractivity contribution in [3.8, 4) is 0 Å². The Morgan fingerprint density at radius 3 is 2.48 bits per heavy atom. The van der Waals surface area contributed by atoms with Crippen molar-refractivity contribution in [2.75, 3.05) is 5.32 Å². The molecule has 0 aliphatic heterocycles. The summed E-state index contributed by atoms with van der Waals surface area (Å²) in [7, 11) is 0. The first kappa shape index (κ1) is 18.0.